The van der Waals surface area contributed by atoms with Crippen LogP contribution in [0.2, 0.25) is 0 Å². The van der Waals surface area contributed by atoms with Gasteiger partial charge in [0.05, 0.1) is 0 Å². The fraction of sp³-hybridized carbons (Fsp3) is 0.400. The molecule has 1 aromatic carbocycles. The second kappa shape index (κ2) is 2.57. The summed E-state index contributed by atoms with van der Waals surface area (Å²) in [6, 6.07) is 12.1. The van der Waals surface area contributed by atoms with Crippen LogP contribution in [0.3, 0.4) is 0 Å². The summed E-state index contributed by atoms with van der Waals surface area (Å²) < 4.78 is 0. The highest BCUT2D eigenvalue weighted by molar-refractivity contribution is 5.46. The molecule has 0 aromatic heterocycles. The first-order valence-electron chi connectivity index (χ1n) is 4.07. The van der Waals surface area contributed by atoms with Crippen LogP contribution in [0.5, 0.6) is 0 Å². The molecule has 0 unspecified atom stereocenters. The zero-order valence-corrected chi connectivity index (χ0v) is 6.75. The van der Waals surface area contributed by atoms with E-state index in [4.69, 9.17) is 0 Å². The van der Waals surface area contributed by atoms with Crippen LogP contribution in [0.1, 0.15) is 12.8 Å². The highest BCUT2D eigenvalue weighted by atomic mass is 15.2. The minimum absolute atomic E-state index is 0.786. The quantitative estimate of drug-likeness (QED) is 0.617. The molecule has 1 aromatic rings. The van der Waals surface area contributed by atoms with E-state index in [-0.39, 0.29) is 0 Å². The summed E-state index contributed by atoms with van der Waals surface area (Å²) in [4.78, 5) is 2.31. The molecular formula is C10H12N. The van der Waals surface area contributed by atoms with Crippen molar-refractivity contribution in [3.8, 4) is 0 Å². The molecule has 1 radical (unpaired) electrons. The molecule has 2 rings (SSSR count). The monoisotopic (exact) mass is 146 g/mol. The van der Waals surface area contributed by atoms with Gasteiger partial charge in [-0.15, -0.1) is 0 Å². The highest BCUT2D eigenvalue weighted by Crippen LogP contribution is 2.29. The molecule has 1 heteroatoms. The van der Waals surface area contributed by atoms with Crippen molar-refractivity contribution in [2.24, 2.45) is 0 Å². The summed E-state index contributed by atoms with van der Waals surface area (Å²) in [7, 11) is 2.14. The third kappa shape index (κ3) is 1.37. The molecule has 57 valence electrons. The van der Waals surface area contributed by atoms with Crippen molar-refractivity contribution in [1.29, 1.82) is 0 Å². The van der Waals surface area contributed by atoms with E-state index in [1.165, 1.54) is 18.5 Å². The molecule has 11 heavy (non-hydrogen) atoms. The smallest absolute Gasteiger partial charge is 0.0446 e. The van der Waals surface area contributed by atoms with Crippen LogP contribution in [0.4, 0.5) is 5.69 Å². The molecule has 0 aliphatic heterocycles. The minimum Gasteiger partial charge on any atom is -0.371 e. The maximum absolute atomic E-state index is 3.22. The maximum atomic E-state index is 3.22. The largest absolute Gasteiger partial charge is 0.371 e. The normalized spacial score (nSPS) is 16.5. The van der Waals surface area contributed by atoms with Crippen molar-refractivity contribution in [3.05, 3.63) is 30.3 Å². The van der Waals surface area contributed by atoms with E-state index in [0.717, 1.165) is 6.04 Å². The number of nitrogens with zero attached hydrogens (tertiary/aromatic N) is 1. The molecule has 0 saturated heterocycles. The molecule has 0 N–H and O–H groups in total. The summed E-state index contributed by atoms with van der Waals surface area (Å²) in [6.45, 7) is 0. The SMILES string of the molecule is CN(c1[c]cccc1)C1CC1. The lowest BCUT2D eigenvalue weighted by Crippen LogP contribution is -2.18. The number of anilines is 1. The number of hydrogen-bond donors (Lipinski definition) is 0. The Hall–Kier alpha value is -0.980. The molecule has 1 fully saturated rings. The van der Waals surface area contributed by atoms with Gasteiger partial charge >= 0.3 is 0 Å². The van der Waals surface area contributed by atoms with Gasteiger partial charge in [0.2, 0.25) is 0 Å². The van der Waals surface area contributed by atoms with Gasteiger partial charge in [0.1, 0.15) is 0 Å². The Kier molecular flexibility index (Phi) is 1.57. The van der Waals surface area contributed by atoms with Crippen molar-refractivity contribution in [3.63, 3.8) is 0 Å². The maximum Gasteiger partial charge on any atom is 0.0446 e. The Balaban J connectivity index is 2.15. The van der Waals surface area contributed by atoms with Crippen LogP contribution >= 0.6 is 0 Å². The van der Waals surface area contributed by atoms with E-state index in [1.54, 1.807) is 0 Å². The molecule has 1 nitrogen and oxygen atoms in total. The molecule has 0 bridgehead atoms. The Morgan fingerprint density at radius 2 is 2.27 bits per heavy atom. The van der Waals surface area contributed by atoms with Gasteiger partial charge in [0, 0.05) is 24.8 Å². The van der Waals surface area contributed by atoms with Crippen molar-refractivity contribution in [1.82, 2.24) is 0 Å². The second-order valence-electron chi connectivity index (χ2n) is 3.09. The third-order valence-electron chi connectivity index (χ3n) is 2.17. The van der Waals surface area contributed by atoms with Crippen molar-refractivity contribution in [2.75, 3.05) is 11.9 Å². The molecule has 0 heterocycles. The van der Waals surface area contributed by atoms with Crippen LogP contribution < -0.4 is 4.90 Å². The standard InChI is InChI=1S/C10H12N/c1-11(10-7-8-10)9-5-3-2-4-6-9/h2-5,10H,7-8H2,1H3. The molecule has 0 atom stereocenters. The van der Waals surface area contributed by atoms with E-state index < -0.39 is 0 Å². The fourth-order valence-corrected chi connectivity index (χ4v) is 1.26. The number of para-hydroxylation sites is 1. The van der Waals surface area contributed by atoms with Crippen LogP contribution in [0.15, 0.2) is 24.3 Å². The predicted molar refractivity (Wildman–Crippen MR) is 46.7 cm³/mol. The first-order chi connectivity index (χ1) is 5.38. The molecule has 1 aliphatic carbocycles. The summed E-state index contributed by atoms with van der Waals surface area (Å²) in [5, 5.41) is 0. The number of benzene rings is 1. The third-order valence-corrected chi connectivity index (χ3v) is 2.17. The topological polar surface area (TPSA) is 3.24 Å². The molecule has 1 aliphatic rings. The van der Waals surface area contributed by atoms with E-state index in [2.05, 4.69) is 30.1 Å². The van der Waals surface area contributed by atoms with E-state index in [0.29, 0.717) is 0 Å². The van der Waals surface area contributed by atoms with Gasteiger partial charge in [-0.1, -0.05) is 18.2 Å². The highest BCUT2D eigenvalue weighted by Gasteiger charge is 2.25. The Bertz CT molecular complexity index is 226. The van der Waals surface area contributed by atoms with Gasteiger partial charge < -0.3 is 4.90 Å². The Labute approximate surface area is 67.6 Å². The van der Waals surface area contributed by atoms with Crippen LogP contribution in [-0.2, 0) is 0 Å². The van der Waals surface area contributed by atoms with Crippen molar-refractivity contribution < 1.29 is 0 Å². The predicted octanol–water partition coefficient (Wildman–Crippen LogP) is 2.09. The van der Waals surface area contributed by atoms with Crippen LogP contribution in [0, 0.1) is 6.07 Å². The zero-order chi connectivity index (χ0) is 7.68. The van der Waals surface area contributed by atoms with Crippen LogP contribution in [0.25, 0.3) is 0 Å². The van der Waals surface area contributed by atoms with E-state index in [1.807, 2.05) is 12.1 Å². The lowest BCUT2D eigenvalue weighted by molar-refractivity contribution is 0.916. The zero-order valence-electron chi connectivity index (χ0n) is 6.75. The second-order valence-corrected chi connectivity index (χ2v) is 3.09. The Morgan fingerprint density at radius 3 is 2.82 bits per heavy atom. The molecule has 0 amide bonds. The number of hydrogen-bond acceptors (Lipinski definition) is 1. The lowest BCUT2D eigenvalue weighted by Gasteiger charge is -2.17. The summed E-state index contributed by atoms with van der Waals surface area (Å²) in [5.41, 5.74) is 1.22. The summed E-state index contributed by atoms with van der Waals surface area (Å²) >= 11 is 0. The average molecular weight is 146 g/mol. The molecule has 0 spiro atoms. The Morgan fingerprint density at radius 1 is 1.45 bits per heavy atom. The minimum atomic E-state index is 0.786. The van der Waals surface area contributed by atoms with Gasteiger partial charge in [-0.3, -0.25) is 0 Å². The summed E-state index contributed by atoms with van der Waals surface area (Å²) in [5.74, 6) is 0. The first kappa shape index (κ1) is 6.71. The van der Waals surface area contributed by atoms with Gasteiger partial charge in [-0.2, -0.15) is 0 Å². The van der Waals surface area contributed by atoms with Crippen molar-refractivity contribution in [2.45, 2.75) is 18.9 Å². The van der Waals surface area contributed by atoms with E-state index in [9.17, 15) is 0 Å². The molecular weight excluding hydrogens is 134 g/mol. The fourth-order valence-electron chi connectivity index (χ4n) is 1.26. The van der Waals surface area contributed by atoms with Gasteiger partial charge in [0.15, 0.2) is 0 Å². The van der Waals surface area contributed by atoms with Gasteiger partial charge in [-0.25, -0.2) is 0 Å². The first-order valence-corrected chi connectivity index (χ1v) is 4.07. The van der Waals surface area contributed by atoms with Crippen LogP contribution in [-0.4, -0.2) is 13.1 Å². The summed E-state index contributed by atoms with van der Waals surface area (Å²) in [6.07, 6.45) is 2.69. The van der Waals surface area contributed by atoms with Crippen molar-refractivity contribution >= 4 is 5.69 Å². The van der Waals surface area contributed by atoms with Gasteiger partial charge in [0.25, 0.3) is 0 Å². The average Bonchev–Trinajstić information content (AvgIpc) is 2.87. The lowest BCUT2D eigenvalue weighted by atomic mass is 10.3. The number of rotatable bonds is 2. The molecule has 1 saturated carbocycles. The van der Waals surface area contributed by atoms with Gasteiger partial charge in [-0.05, 0) is 18.9 Å². The van der Waals surface area contributed by atoms with E-state index >= 15 is 0 Å².